The first kappa shape index (κ1) is 15.9. The Morgan fingerprint density at radius 2 is 2.20 bits per heavy atom. The highest BCUT2D eigenvalue weighted by atomic mass is 16.5. The molecule has 0 fully saturated rings. The van der Waals surface area contributed by atoms with Gasteiger partial charge < -0.3 is 15.2 Å². The minimum atomic E-state index is -1.02. The van der Waals surface area contributed by atoms with Crippen molar-refractivity contribution in [2.75, 3.05) is 13.7 Å². The molecule has 5 heteroatoms. The van der Waals surface area contributed by atoms with Gasteiger partial charge in [-0.1, -0.05) is 6.08 Å². The molecule has 5 nitrogen and oxygen atoms in total. The van der Waals surface area contributed by atoms with Crippen LogP contribution in [0.3, 0.4) is 0 Å². The summed E-state index contributed by atoms with van der Waals surface area (Å²) in [4.78, 5) is 23.2. The third kappa shape index (κ3) is 4.20. The fourth-order valence-corrected chi connectivity index (χ4v) is 1.89. The molecule has 0 saturated carbocycles. The summed E-state index contributed by atoms with van der Waals surface area (Å²) in [7, 11) is 1.56. The van der Waals surface area contributed by atoms with Crippen molar-refractivity contribution in [1.29, 1.82) is 0 Å². The summed E-state index contributed by atoms with van der Waals surface area (Å²) < 4.78 is 5.14. The number of rotatable bonds is 8. The number of aryl methyl sites for hydroxylation is 1. The molecule has 1 aromatic carbocycles. The summed E-state index contributed by atoms with van der Waals surface area (Å²) in [6.45, 7) is 5.75. The molecule has 1 unspecified atom stereocenters. The van der Waals surface area contributed by atoms with Gasteiger partial charge in [-0.15, -0.1) is 6.58 Å². The molecule has 0 saturated heterocycles. The van der Waals surface area contributed by atoms with Gasteiger partial charge in [0.2, 0.25) is 0 Å². The zero-order valence-electron chi connectivity index (χ0n) is 11.7. The average molecular weight is 277 g/mol. The molecule has 0 aliphatic heterocycles. The molecule has 1 atom stereocenters. The molecule has 0 amide bonds. The maximum Gasteiger partial charge on any atom is 0.305 e. The van der Waals surface area contributed by atoms with Crippen LogP contribution in [0.4, 0.5) is 0 Å². The molecule has 0 spiro atoms. The van der Waals surface area contributed by atoms with Gasteiger partial charge >= 0.3 is 5.97 Å². The molecule has 0 aliphatic carbocycles. The van der Waals surface area contributed by atoms with Crippen molar-refractivity contribution in [2.45, 2.75) is 19.4 Å². The predicted octanol–water partition coefficient (Wildman–Crippen LogP) is 1.81. The van der Waals surface area contributed by atoms with E-state index in [1.807, 2.05) is 6.92 Å². The van der Waals surface area contributed by atoms with Gasteiger partial charge in [-0.2, -0.15) is 0 Å². The monoisotopic (exact) mass is 277 g/mol. The number of carbonyl (C=O) groups is 2. The van der Waals surface area contributed by atoms with Crippen LogP contribution in [0.25, 0.3) is 0 Å². The summed E-state index contributed by atoms with van der Waals surface area (Å²) in [6.07, 6.45) is 1.32. The quantitative estimate of drug-likeness (QED) is 0.560. The highest BCUT2D eigenvalue weighted by Gasteiger charge is 2.22. The Balaban J connectivity index is 2.95. The summed E-state index contributed by atoms with van der Waals surface area (Å²) in [6, 6.07) is 4.27. The van der Waals surface area contributed by atoms with Gasteiger partial charge in [0.15, 0.2) is 5.78 Å². The average Bonchev–Trinajstić information content (AvgIpc) is 2.42. The van der Waals surface area contributed by atoms with Crippen molar-refractivity contribution in [3.63, 3.8) is 0 Å². The summed E-state index contributed by atoms with van der Waals surface area (Å²) in [5.74, 6) is -0.583. The third-order valence-electron chi connectivity index (χ3n) is 2.88. The van der Waals surface area contributed by atoms with E-state index in [9.17, 15) is 9.59 Å². The smallest absolute Gasteiger partial charge is 0.305 e. The number of carboxylic acids is 1. The number of nitrogens with one attached hydrogen (secondary N) is 1. The number of Topliss-reactive ketones (excluding diaryl/α,β-unsaturated/α-hetero) is 1. The lowest BCUT2D eigenvalue weighted by atomic mass is 9.99. The van der Waals surface area contributed by atoms with Gasteiger partial charge in [-0.25, -0.2) is 0 Å². The van der Waals surface area contributed by atoms with Crippen LogP contribution in [0.1, 0.15) is 22.3 Å². The Morgan fingerprint density at radius 3 is 2.70 bits per heavy atom. The minimum Gasteiger partial charge on any atom is -0.496 e. The molecule has 0 radical (unpaired) electrons. The van der Waals surface area contributed by atoms with Crippen LogP contribution in [0.5, 0.6) is 5.75 Å². The summed E-state index contributed by atoms with van der Waals surface area (Å²) >= 11 is 0. The molecule has 0 aliphatic rings. The predicted molar refractivity (Wildman–Crippen MR) is 76.3 cm³/mol. The van der Waals surface area contributed by atoms with Crippen molar-refractivity contribution in [3.8, 4) is 5.75 Å². The Labute approximate surface area is 118 Å². The molecule has 20 heavy (non-hydrogen) atoms. The van der Waals surface area contributed by atoms with E-state index < -0.39 is 12.0 Å². The fourth-order valence-electron chi connectivity index (χ4n) is 1.89. The van der Waals surface area contributed by atoms with Crippen molar-refractivity contribution in [3.05, 3.63) is 42.0 Å². The Kier molecular flexibility index (Phi) is 5.93. The van der Waals surface area contributed by atoms with Crippen LogP contribution in [0.15, 0.2) is 30.9 Å². The Bertz CT molecular complexity index is 511. The van der Waals surface area contributed by atoms with Crippen LogP contribution in [-0.4, -0.2) is 36.6 Å². The minimum absolute atomic E-state index is 0.250. The molecule has 108 valence electrons. The first-order valence-corrected chi connectivity index (χ1v) is 6.24. The third-order valence-corrected chi connectivity index (χ3v) is 2.88. The van der Waals surface area contributed by atoms with Crippen LogP contribution in [-0.2, 0) is 4.79 Å². The van der Waals surface area contributed by atoms with Crippen molar-refractivity contribution in [2.24, 2.45) is 0 Å². The number of carboxylic acid groups (broad SMARTS) is 1. The van der Waals surface area contributed by atoms with Crippen LogP contribution in [0, 0.1) is 6.92 Å². The van der Waals surface area contributed by atoms with E-state index in [2.05, 4.69) is 11.9 Å². The molecule has 1 aromatic rings. The first-order chi connectivity index (χ1) is 9.49. The molecular formula is C15H19NO4. The molecular weight excluding hydrogens is 258 g/mol. The van der Waals surface area contributed by atoms with E-state index in [1.54, 1.807) is 31.4 Å². The van der Waals surface area contributed by atoms with E-state index in [1.165, 1.54) is 0 Å². The summed E-state index contributed by atoms with van der Waals surface area (Å²) in [5.41, 5.74) is 1.29. The van der Waals surface area contributed by atoms with E-state index in [0.717, 1.165) is 5.56 Å². The second kappa shape index (κ2) is 7.45. The standard InChI is InChI=1S/C15H19NO4/c1-4-7-16-12(9-14(17)18)15(19)11-5-6-13(20-3)10(2)8-11/h4-6,8,12,16H,1,7,9H2,2-3H3,(H,17,18). The fraction of sp³-hybridized carbons (Fsp3) is 0.333. The molecule has 2 N–H and O–H groups in total. The highest BCUT2D eigenvalue weighted by Crippen LogP contribution is 2.19. The lowest BCUT2D eigenvalue weighted by Gasteiger charge is -2.15. The van der Waals surface area contributed by atoms with Crippen LogP contribution < -0.4 is 10.1 Å². The second-order valence-electron chi connectivity index (χ2n) is 4.40. The van der Waals surface area contributed by atoms with Gasteiger partial charge in [0.1, 0.15) is 5.75 Å². The van der Waals surface area contributed by atoms with Crippen LogP contribution in [0.2, 0.25) is 0 Å². The van der Waals surface area contributed by atoms with Crippen LogP contribution >= 0.6 is 0 Å². The number of carbonyl (C=O) groups excluding carboxylic acids is 1. The van der Waals surface area contributed by atoms with Crippen molar-refractivity contribution < 1.29 is 19.4 Å². The first-order valence-electron chi connectivity index (χ1n) is 6.24. The Hall–Kier alpha value is -2.14. The maximum absolute atomic E-state index is 12.3. The zero-order chi connectivity index (χ0) is 15.1. The highest BCUT2D eigenvalue weighted by molar-refractivity contribution is 6.02. The van der Waals surface area contributed by atoms with Crippen molar-refractivity contribution in [1.82, 2.24) is 5.32 Å². The van der Waals surface area contributed by atoms with E-state index >= 15 is 0 Å². The number of aliphatic carboxylic acids is 1. The van der Waals surface area contributed by atoms with Gasteiger partial charge in [0.25, 0.3) is 0 Å². The molecule has 0 heterocycles. The van der Waals surface area contributed by atoms with Crippen molar-refractivity contribution >= 4 is 11.8 Å². The van der Waals surface area contributed by atoms with E-state index in [-0.39, 0.29) is 12.2 Å². The second-order valence-corrected chi connectivity index (χ2v) is 4.40. The number of hydrogen-bond donors (Lipinski definition) is 2. The van der Waals surface area contributed by atoms with Gasteiger partial charge in [0, 0.05) is 12.1 Å². The maximum atomic E-state index is 12.3. The SMILES string of the molecule is C=CCNC(CC(=O)O)C(=O)c1ccc(OC)c(C)c1. The zero-order valence-corrected chi connectivity index (χ0v) is 11.7. The number of methoxy groups -OCH3 is 1. The lowest BCUT2D eigenvalue weighted by molar-refractivity contribution is -0.137. The molecule has 1 rings (SSSR count). The largest absolute Gasteiger partial charge is 0.496 e. The number of hydrogen-bond acceptors (Lipinski definition) is 4. The topological polar surface area (TPSA) is 75.6 Å². The Morgan fingerprint density at radius 1 is 1.50 bits per heavy atom. The van der Waals surface area contributed by atoms with Gasteiger partial charge in [0.05, 0.1) is 19.6 Å². The molecule has 0 bridgehead atoms. The normalized spacial score (nSPS) is 11.7. The van der Waals surface area contributed by atoms with E-state index in [0.29, 0.717) is 17.9 Å². The summed E-state index contributed by atoms with van der Waals surface area (Å²) in [5, 5.41) is 11.7. The van der Waals surface area contributed by atoms with Gasteiger partial charge in [-0.05, 0) is 30.7 Å². The lowest BCUT2D eigenvalue weighted by Crippen LogP contribution is -2.38. The number of ketones is 1. The number of ether oxygens (including phenoxy) is 1. The molecule has 0 aromatic heterocycles. The van der Waals surface area contributed by atoms with Gasteiger partial charge in [-0.3, -0.25) is 9.59 Å². The van der Waals surface area contributed by atoms with E-state index in [4.69, 9.17) is 9.84 Å². The number of benzene rings is 1.